The third kappa shape index (κ3) is 2.20. The minimum atomic E-state index is -0.621. The second-order valence-electron chi connectivity index (χ2n) is 5.15. The Morgan fingerprint density at radius 1 is 0.800 bits per heavy atom. The van der Waals surface area contributed by atoms with Crippen molar-refractivity contribution < 1.29 is 0 Å². The molecule has 0 fully saturated rings. The van der Waals surface area contributed by atoms with Gasteiger partial charge < -0.3 is 11.5 Å². The fraction of sp³-hybridized carbons (Fsp3) is 0.111. The van der Waals surface area contributed by atoms with E-state index in [0.717, 1.165) is 5.56 Å². The van der Waals surface area contributed by atoms with Gasteiger partial charge in [-0.25, -0.2) is 0 Å². The van der Waals surface area contributed by atoms with E-state index in [1.807, 2.05) is 42.5 Å². The van der Waals surface area contributed by atoms with E-state index in [-0.39, 0.29) is 6.04 Å². The van der Waals surface area contributed by atoms with E-state index in [4.69, 9.17) is 11.5 Å². The highest BCUT2D eigenvalue weighted by molar-refractivity contribution is 5.64. The molecule has 0 saturated carbocycles. The molecule has 3 rings (SSSR count). The van der Waals surface area contributed by atoms with Crippen LogP contribution in [0, 0.1) is 0 Å². The van der Waals surface area contributed by atoms with E-state index in [1.165, 1.54) is 11.1 Å². The molecule has 0 bridgehead atoms. The summed E-state index contributed by atoms with van der Waals surface area (Å²) < 4.78 is 0. The smallest absolute Gasteiger partial charge is 0.0788 e. The summed E-state index contributed by atoms with van der Waals surface area (Å²) in [5.41, 5.74) is 15.4. The molecule has 100 valence electrons. The van der Waals surface area contributed by atoms with Crippen LogP contribution in [-0.4, -0.2) is 6.04 Å². The lowest BCUT2D eigenvalue weighted by atomic mass is 9.81. The fourth-order valence-corrected chi connectivity index (χ4v) is 2.54. The van der Waals surface area contributed by atoms with Gasteiger partial charge in [0.2, 0.25) is 0 Å². The maximum atomic E-state index is 6.45. The van der Waals surface area contributed by atoms with Crippen LogP contribution in [-0.2, 0) is 5.54 Å². The Bertz CT molecular complexity index is 641. The zero-order chi connectivity index (χ0) is 14.0. The molecule has 0 heterocycles. The SMILES string of the molecule is NC1C=CC=CC1(N)c1ccc(-c2ccccc2)cc1. The summed E-state index contributed by atoms with van der Waals surface area (Å²) in [4.78, 5) is 0. The molecule has 2 unspecified atom stereocenters. The first-order valence-corrected chi connectivity index (χ1v) is 6.76. The molecule has 2 aromatic carbocycles. The normalized spacial score (nSPS) is 24.8. The number of rotatable bonds is 2. The van der Waals surface area contributed by atoms with E-state index in [1.54, 1.807) is 0 Å². The summed E-state index contributed by atoms with van der Waals surface area (Å²) in [7, 11) is 0. The number of hydrogen-bond acceptors (Lipinski definition) is 2. The van der Waals surface area contributed by atoms with Crippen molar-refractivity contribution in [3.8, 4) is 11.1 Å². The van der Waals surface area contributed by atoms with Gasteiger partial charge in [-0.05, 0) is 16.7 Å². The summed E-state index contributed by atoms with van der Waals surface area (Å²) in [6.45, 7) is 0. The predicted octanol–water partition coefficient (Wildman–Crippen LogP) is 2.96. The van der Waals surface area contributed by atoms with Crippen molar-refractivity contribution in [2.75, 3.05) is 0 Å². The lowest BCUT2D eigenvalue weighted by molar-refractivity contribution is 0.492. The first-order chi connectivity index (χ1) is 9.70. The Morgan fingerprint density at radius 2 is 1.45 bits per heavy atom. The van der Waals surface area contributed by atoms with Crippen molar-refractivity contribution in [1.82, 2.24) is 0 Å². The van der Waals surface area contributed by atoms with Crippen molar-refractivity contribution >= 4 is 0 Å². The van der Waals surface area contributed by atoms with Crippen molar-refractivity contribution in [1.29, 1.82) is 0 Å². The average molecular weight is 262 g/mol. The third-order valence-electron chi connectivity index (χ3n) is 3.85. The van der Waals surface area contributed by atoms with E-state index >= 15 is 0 Å². The number of benzene rings is 2. The zero-order valence-electron chi connectivity index (χ0n) is 11.2. The molecule has 2 heteroatoms. The largest absolute Gasteiger partial charge is 0.322 e. The van der Waals surface area contributed by atoms with Crippen LogP contribution in [0.15, 0.2) is 78.9 Å². The van der Waals surface area contributed by atoms with Crippen LogP contribution in [0.25, 0.3) is 11.1 Å². The Kier molecular flexibility index (Phi) is 3.26. The molecule has 0 saturated heterocycles. The molecule has 1 aliphatic rings. The van der Waals surface area contributed by atoms with Gasteiger partial charge in [0.05, 0.1) is 5.54 Å². The topological polar surface area (TPSA) is 52.0 Å². The minimum Gasteiger partial charge on any atom is -0.322 e. The zero-order valence-corrected chi connectivity index (χ0v) is 11.2. The first-order valence-electron chi connectivity index (χ1n) is 6.76. The van der Waals surface area contributed by atoms with Crippen LogP contribution in [0.5, 0.6) is 0 Å². The first kappa shape index (κ1) is 12.9. The molecule has 2 aromatic rings. The lowest BCUT2D eigenvalue weighted by Crippen LogP contribution is -2.50. The summed E-state index contributed by atoms with van der Waals surface area (Å²) in [6.07, 6.45) is 7.79. The molecule has 20 heavy (non-hydrogen) atoms. The number of allylic oxidation sites excluding steroid dienone is 2. The standard InChI is InChI=1S/C18H18N2/c19-17-8-4-5-13-18(17,20)16-11-9-15(10-12-16)14-6-2-1-3-7-14/h1-13,17H,19-20H2. The molecule has 2 nitrogen and oxygen atoms in total. The summed E-state index contributed by atoms with van der Waals surface area (Å²) >= 11 is 0. The van der Waals surface area contributed by atoms with Crippen LogP contribution in [0.3, 0.4) is 0 Å². The van der Waals surface area contributed by atoms with E-state index in [0.29, 0.717) is 0 Å². The molecule has 1 aliphatic carbocycles. The predicted molar refractivity (Wildman–Crippen MR) is 84.0 cm³/mol. The van der Waals surface area contributed by atoms with Gasteiger partial charge in [0.15, 0.2) is 0 Å². The highest BCUT2D eigenvalue weighted by atomic mass is 14.8. The van der Waals surface area contributed by atoms with Gasteiger partial charge >= 0.3 is 0 Å². The van der Waals surface area contributed by atoms with E-state index in [9.17, 15) is 0 Å². The van der Waals surface area contributed by atoms with E-state index < -0.39 is 5.54 Å². The van der Waals surface area contributed by atoms with Gasteiger partial charge in [-0.2, -0.15) is 0 Å². The number of hydrogen-bond donors (Lipinski definition) is 2. The monoisotopic (exact) mass is 262 g/mol. The number of nitrogens with two attached hydrogens (primary N) is 2. The lowest BCUT2D eigenvalue weighted by Gasteiger charge is -2.33. The van der Waals surface area contributed by atoms with Crippen molar-refractivity contribution in [3.05, 3.63) is 84.5 Å². The second kappa shape index (κ2) is 5.08. The second-order valence-corrected chi connectivity index (χ2v) is 5.15. The Labute approximate surface area is 119 Å². The summed E-state index contributed by atoms with van der Waals surface area (Å²) in [5, 5.41) is 0. The Morgan fingerprint density at radius 3 is 2.10 bits per heavy atom. The van der Waals surface area contributed by atoms with Crippen LogP contribution < -0.4 is 11.5 Å². The van der Waals surface area contributed by atoms with Crippen molar-refractivity contribution in [2.24, 2.45) is 11.5 Å². The fourth-order valence-electron chi connectivity index (χ4n) is 2.54. The molecule has 0 radical (unpaired) electrons. The van der Waals surface area contributed by atoms with Gasteiger partial charge in [0.25, 0.3) is 0 Å². The van der Waals surface area contributed by atoms with Gasteiger partial charge in [-0.3, -0.25) is 0 Å². The maximum Gasteiger partial charge on any atom is 0.0788 e. The minimum absolute atomic E-state index is 0.199. The molecule has 0 aromatic heterocycles. The highest BCUT2D eigenvalue weighted by Crippen LogP contribution is 2.28. The molecular weight excluding hydrogens is 244 g/mol. The van der Waals surface area contributed by atoms with E-state index in [2.05, 4.69) is 36.4 Å². The Hall–Kier alpha value is -2.16. The molecule has 2 atom stereocenters. The van der Waals surface area contributed by atoms with Crippen LogP contribution in [0.4, 0.5) is 0 Å². The summed E-state index contributed by atoms with van der Waals surface area (Å²) in [6, 6.07) is 18.4. The van der Waals surface area contributed by atoms with Crippen molar-refractivity contribution in [3.63, 3.8) is 0 Å². The van der Waals surface area contributed by atoms with Gasteiger partial charge in [-0.15, -0.1) is 0 Å². The van der Waals surface area contributed by atoms with Gasteiger partial charge in [0.1, 0.15) is 0 Å². The van der Waals surface area contributed by atoms with Crippen LogP contribution in [0.2, 0.25) is 0 Å². The molecular formula is C18H18N2. The maximum absolute atomic E-state index is 6.45. The average Bonchev–Trinajstić information content (AvgIpc) is 2.51. The van der Waals surface area contributed by atoms with Gasteiger partial charge in [0, 0.05) is 6.04 Å². The van der Waals surface area contributed by atoms with Crippen molar-refractivity contribution in [2.45, 2.75) is 11.6 Å². The molecule has 0 amide bonds. The van der Waals surface area contributed by atoms with Gasteiger partial charge in [-0.1, -0.05) is 78.9 Å². The molecule has 4 N–H and O–H groups in total. The van der Waals surface area contributed by atoms with Crippen LogP contribution in [0.1, 0.15) is 5.56 Å². The summed E-state index contributed by atoms with van der Waals surface area (Å²) in [5.74, 6) is 0. The van der Waals surface area contributed by atoms with Crippen LogP contribution >= 0.6 is 0 Å². The Balaban J connectivity index is 1.94. The molecule has 0 spiro atoms. The highest BCUT2D eigenvalue weighted by Gasteiger charge is 2.31. The third-order valence-corrected chi connectivity index (χ3v) is 3.85. The quantitative estimate of drug-likeness (QED) is 0.874. The molecule has 0 aliphatic heterocycles.